The summed E-state index contributed by atoms with van der Waals surface area (Å²) in [5.74, 6) is -0.696. The highest BCUT2D eigenvalue weighted by Crippen LogP contribution is 1.97. The predicted octanol–water partition coefficient (Wildman–Crippen LogP) is -0.256. The van der Waals surface area contributed by atoms with Gasteiger partial charge in [0.25, 0.3) is 5.91 Å². The molecule has 1 unspecified atom stereocenters. The van der Waals surface area contributed by atoms with E-state index in [1.165, 1.54) is 19.9 Å². The second-order valence-corrected chi connectivity index (χ2v) is 5.43. The largest absolute Gasteiger partial charge is 0.320 e. The van der Waals surface area contributed by atoms with Crippen LogP contribution in [0.15, 0.2) is 12.7 Å². The smallest absolute Gasteiger partial charge is 0.250 e. The van der Waals surface area contributed by atoms with E-state index in [4.69, 9.17) is 5.73 Å². The number of nitrogens with one attached hydrogen (secondary N) is 1. The van der Waals surface area contributed by atoms with Gasteiger partial charge in [0.05, 0.1) is 11.3 Å². The number of hydrogen-bond donors (Lipinski definition) is 2. The van der Waals surface area contributed by atoms with Gasteiger partial charge < -0.3 is 5.73 Å². The summed E-state index contributed by atoms with van der Waals surface area (Å²) in [6.07, 6.45) is 1.71. The molecule has 0 rings (SSSR count). The topological polar surface area (TPSA) is 89.3 Å². The van der Waals surface area contributed by atoms with Gasteiger partial charge in [0.1, 0.15) is 0 Å². The van der Waals surface area contributed by atoms with Crippen LogP contribution in [0, 0.1) is 0 Å². The van der Waals surface area contributed by atoms with Crippen molar-refractivity contribution in [2.75, 3.05) is 0 Å². The first-order valence-electron chi connectivity index (χ1n) is 4.23. The monoisotopic (exact) mass is 220 g/mol. The number of sulfonamides is 1. The molecule has 1 amide bonds. The summed E-state index contributed by atoms with van der Waals surface area (Å²) in [6, 6.07) is -0.860. The molecule has 0 saturated carbocycles. The SMILES string of the molecule is C=CCC(N)C(=O)NS(=O)(=O)C(C)C. The lowest BCUT2D eigenvalue weighted by Gasteiger charge is -2.12. The molecule has 82 valence electrons. The van der Waals surface area contributed by atoms with Crippen molar-refractivity contribution in [3.8, 4) is 0 Å². The lowest BCUT2D eigenvalue weighted by Crippen LogP contribution is -2.45. The maximum atomic E-state index is 11.2. The number of rotatable bonds is 5. The second-order valence-electron chi connectivity index (χ2n) is 3.19. The summed E-state index contributed by atoms with van der Waals surface area (Å²) in [5.41, 5.74) is 5.39. The molecule has 5 nitrogen and oxygen atoms in total. The Morgan fingerprint density at radius 2 is 2.07 bits per heavy atom. The fourth-order valence-corrected chi connectivity index (χ4v) is 1.29. The zero-order chi connectivity index (χ0) is 11.4. The third-order valence-electron chi connectivity index (χ3n) is 1.62. The van der Waals surface area contributed by atoms with E-state index in [2.05, 4.69) is 6.58 Å². The van der Waals surface area contributed by atoms with Crippen molar-refractivity contribution in [2.24, 2.45) is 5.73 Å². The van der Waals surface area contributed by atoms with Crippen molar-refractivity contribution >= 4 is 15.9 Å². The van der Waals surface area contributed by atoms with Crippen molar-refractivity contribution in [1.82, 2.24) is 4.72 Å². The molecule has 3 N–H and O–H groups in total. The van der Waals surface area contributed by atoms with Crippen molar-refractivity contribution in [3.63, 3.8) is 0 Å². The van der Waals surface area contributed by atoms with Gasteiger partial charge in [-0.15, -0.1) is 6.58 Å². The molecule has 0 aromatic rings. The van der Waals surface area contributed by atoms with E-state index in [0.717, 1.165) is 0 Å². The molecule has 0 spiro atoms. The van der Waals surface area contributed by atoms with Crippen LogP contribution in [-0.4, -0.2) is 25.6 Å². The summed E-state index contributed by atoms with van der Waals surface area (Å²) < 4.78 is 24.4. The molecule has 6 heteroatoms. The van der Waals surface area contributed by atoms with E-state index in [0.29, 0.717) is 0 Å². The van der Waals surface area contributed by atoms with Gasteiger partial charge in [-0.05, 0) is 20.3 Å². The Morgan fingerprint density at radius 1 is 1.57 bits per heavy atom. The van der Waals surface area contributed by atoms with Gasteiger partial charge in [0.15, 0.2) is 0 Å². The van der Waals surface area contributed by atoms with Crippen LogP contribution in [0.25, 0.3) is 0 Å². The molecule has 0 saturated heterocycles. The van der Waals surface area contributed by atoms with Crippen LogP contribution < -0.4 is 10.5 Å². The molecule has 0 aliphatic carbocycles. The number of carbonyl (C=O) groups is 1. The molecule has 0 radical (unpaired) electrons. The molecule has 1 atom stereocenters. The van der Waals surface area contributed by atoms with Crippen LogP contribution in [0.5, 0.6) is 0 Å². The first-order valence-corrected chi connectivity index (χ1v) is 5.78. The minimum atomic E-state index is -3.57. The van der Waals surface area contributed by atoms with Gasteiger partial charge >= 0.3 is 0 Å². The number of hydrogen-bond acceptors (Lipinski definition) is 4. The fraction of sp³-hybridized carbons (Fsp3) is 0.625. The number of nitrogens with two attached hydrogens (primary N) is 1. The van der Waals surface area contributed by atoms with Gasteiger partial charge in [0, 0.05) is 0 Å². The highest BCUT2D eigenvalue weighted by Gasteiger charge is 2.21. The number of amides is 1. The zero-order valence-corrected chi connectivity index (χ0v) is 9.17. The minimum absolute atomic E-state index is 0.249. The highest BCUT2D eigenvalue weighted by atomic mass is 32.2. The summed E-state index contributed by atoms with van der Waals surface area (Å²) >= 11 is 0. The molecule has 0 heterocycles. The molecule has 0 aliphatic heterocycles. The Balaban J connectivity index is 4.40. The van der Waals surface area contributed by atoms with E-state index in [9.17, 15) is 13.2 Å². The molecule has 0 aliphatic rings. The van der Waals surface area contributed by atoms with E-state index in [-0.39, 0.29) is 6.42 Å². The van der Waals surface area contributed by atoms with Crippen LogP contribution in [0.1, 0.15) is 20.3 Å². The Bertz CT molecular complexity index is 309. The summed E-state index contributed by atoms with van der Waals surface area (Å²) in [4.78, 5) is 11.2. The van der Waals surface area contributed by atoms with Crippen molar-refractivity contribution < 1.29 is 13.2 Å². The van der Waals surface area contributed by atoms with E-state index in [1.807, 2.05) is 4.72 Å². The normalized spacial score (nSPS) is 13.7. The van der Waals surface area contributed by atoms with Crippen LogP contribution >= 0.6 is 0 Å². The maximum absolute atomic E-state index is 11.2. The average molecular weight is 220 g/mol. The molecular formula is C8H16N2O3S. The first-order chi connectivity index (χ1) is 6.31. The van der Waals surface area contributed by atoms with Crippen molar-refractivity contribution in [2.45, 2.75) is 31.6 Å². The highest BCUT2D eigenvalue weighted by molar-refractivity contribution is 7.90. The molecule has 14 heavy (non-hydrogen) atoms. The standard InChI is InChI=1S/C8H16N2O3S/c1-4-5-7(9)8(11)10-14(12,13)6(2)3/h4,6-7H,1,5,9H2,2-3H3,(H,10,11). The summed E-state index contributed by atoms with van der Waals surface area (Å²) in [5, 5.41) is -0.651. The average Bonchev–Trinajstić information content (AvgIpc) is 2.03. The summed E-state index contributed by atoms with van der Waals surface area (Å²) in [6.45, 7) is 6.37. The minimum Gasteiger partial charge on any atom is -0.320 e. The van der Waals surface area contributed by atoms with Gasteiger partial charge in [-0.25, -0.2) is 8.42 Å². The fourth-order valence-electron chi connectivity index (χ4n) is 0.620. The van der Waals surface area contributed by atoms with Crippen molar-refractivity contribution in [3.05, 3.63) is 12.7 Å². The third kappa shape index (κ3) is 3.89. The molecule has 0 aromatic heterocycles. The van der Waals surface area contributed by atoms with Gasteiger partial charge in [-0.2, -0.15) is 0 Å². The van der Waals surface area contributed by atoms with Gasteiger partial charge in [0.2, 0.25) is 10.0 Å². The lowest BCUT2D eigenvalue weighted by atomic mass is 10.2. The Labute approximate surface area is 84.4 Å². The van der Waals surface area contributed by atoms with E-state index in [1.54, 1.807) is 0 Å². The molecule has 0 aromatic carbocycles. The summed E-state index contributed by atoms with van der Waals surface area (Å²) in [7, 11) is -3.57. The third-order valence-corrected chi connectivity index (χ3v) is 3.35. The van der Waals surface area contributed by atoms with Crippen molar-refractivity contribution in [1.29, 1.82) is 0 Å². The van der Waals surface area contributed by atoms with Crippen LogP contribution in [-0.2, 0) is 14.8 Å². The second kappa shape index (κ2) is 5.11. The quantitative estimate of drug-likeness (QED) is 0.625. The molecule has 0 bridgehead atoms. The van der Waals surface area contributed by atoms with E-state index < -0.39 is 27.2 Å². The Kier molecular flexibility index (Phi) is 4.79. The maximum Gasteiger partial charge on any atom is 0.250 e. The lowest BCUT2D eigenvalue weighted by molar-refractivity contribution is -0.120. The first kappa shape index (κ1) is 13.1. The van der Waals surface area contributed by atoms with Crippen LogP contribution in [0.4, 0.5) is 0 Å². The van der Waals surface area contributed by atoms with Gasteiger partial charge in [-0.1, -0.05) is 6.08 Å². The van der Waals surface area contributed by atoms with E-state index >= 15 is 0 Å². The Morgan fingerprint density at radius 3 is 2.43 bits per heavy atom. The predicted molar refractivity (Wildman–Crippen MR) is 55.0 cm³/mol. The zero-order valence-electron chi connectivity index (χ0n) is 8.36. The van der Waals surface area contributed by atoms with Gasteiger partial charge in [-0.3, -0.25) is 9.52 Å². The van der Waals surface area contributed by atoms with Crippen LogP contribution in [0.2, 0.25) is 0 Å². The molecule has 0 fully saturated rings. The Hall–Kier alpha value is -0.880. The molecular weight excluding hydrogens is 204 g/mol. The number of carbonyl (C=O) groups excluding carboxylic acids is 1. The van der Waals surface area contributed by atoms with Crippen LogP contribution in [0.3, 0.4) is 0 Å².